The highest BCUT2D eigenvalue weighted by Gasteiger charge is 2.38. The van der Waals surface area contributed by atoms with Gasteiger partial charge in [-0.25, -0.2) is 0 Å². The second-order valence-electron chi connectivity index (χ2n) is 19.2. The molecule has 66 heavy (non-hydrogen) atoms. The van der Waals surface area contributed by atoms with Crippen LogP contribution in [0.4, 0.5) is 0 Å². The Hall–Kier alpha value is -7.24. The first-order chi connectivity index (χ1) is 32.2. The van der Waals surface area contributed by atoms with Crippen LogP contribution in [0, 0.1) is 0 Å². The molecule has 2 aliphatic carbocycles. The van der Waals surface area contributed by atoms with E-state index >= 15 is 0 Å². The number of rotatable bonds is 5. The Kier molecular flexibility index (Phi) is 7.87. The summed E-state index contributed by atoms with van der Waals surface area (Å²) in [7, 11) is 0. The number of hydrogen-bond acceptors (Lipinski definition) is 4. The van der Waals surface area contributed by atoms with Crippen LogP contribution in [0.15, 0.2) is 191 Å². The van der Waals surface area contributed by atoms with Crippen LogP contribution in [0.3, 0.4) is 0 Å². The second kappa shape index (κ2) is 13.6. The highest BCUT2D eigenvalue weighted by molar-refractivity contribution is 7.25. The summed E-state index contributed by atoms with van der Waals surface area (Å²) in [4.78, 5) is 5.04. The van der Waals surface area contributed by atoms with Gasteiger partial charge in [-0.1, -0.05) is 113 Å². The summed E-state index contributed by atoms with van der Waals surface area (Å²) in [5, 5.41) is 4.67. The van der Waals surface area contributed by atoms with Crippen LogP contribution in [0.2, 0.25) is 0 Å². The Labute approximate surface area is 391 Å². The fourth-order valence-corrected chi connectivity index (χ4v) is 13.3. The zero-order valence-electron chi connectivity index (χ0n) is 37.0. The lowest BCUT2D eigenvalue weighted by Gasteiger charge is -2.22. The van der Waals surface area contributed by atoms with E-state index in [-0.39, 0.29) is 10.8 Å². The molecule has 0 N–H and O–H groups in total. The lowest BCUT2D eigenvalue weighted by molar-refractivity contribution is 0.657. The maximum atomic E-state index is 6.57. The third-order valence-electron chi connectivity index (χ3n) is 14.8. The molecule has 14 rings (SSSR count). The van der Waals surface area contributed by atoms with Gasteiger partial charge in [-0.05, 0) is 175 Å². The van der Waals surface area contributed by atoms with Crippen LogP contribution in [0.5, 0.6) is 0 Å². The van der Waals surface area contributed by atoms with Gasteiger partial charge >= 0.3 is 0 Å². The molecule has 4 aromatic heterocycles. The Balaban J connectivity index is 0.767. The maximum Gasteiger partial charge on any atom is 0.136 e. The molecule has 4 heterocycles. The number of hydrogen-bond donors (Lipinski definition) is 0. The normalized spacial score (nSPS) is 14.3. The summed E-state index contributed by atoms with van der Waals surface area (Å²) < 4.78 is 13.1. The second-order valence-corrected chi connectivity index (χ2v) is 21.4. The van der Waals surface area contributed by atoms with Gasteiger partial charge in [0.1, 0.15) is 22.3 Å². The standard InChI is InChI=1S/C62H42O2S2/c1-61(2)49-29-37(35-11-7-5-8-12-35)15-19-41(49)43-33-55-47(31-51(43)61)45-27-39(17-21-53(45)63-55)57-23-25-59(65-57)60-26-24-58(66-60)40-18-22-54-46(28-40)48-32-52-44(34-56(48)64-54)42-20-16-38(30-50(42)62(52,3)4)36-13-9-6-10-14-36/h5-34H,1-4H3. The third-order valence-corrected chi connectivity index (χ3v) is 17.2. The van der Waals surface area contributed by atoms with Crippen molar-refractivity contribution in [1.82, 2.24) is 0 Å². The molecule has 0 radical (unpaired) electrons. The molecule has 2 nitrogen and oxygen atoms in total. The highest BCUT2D eigenvalue weighted by atomic mass is 32.1. The molecule has 0 saturated carbocycles. The molecule has 0 saturated heterocycles. The molecule has 0 amide bonds. The van der Waals surface area contributed by atoms with E-state index in [0.717, 1.165) is 33.1 Å². The van der Waals surface area contributed by atoms with Crippen molar-refractivity contribution in [3.05, 3.63) is 204 Å². The van der Waals surface area contributed by atoms with Gasteiger partial charge in [0.15, 0.2) is 0 Å². The predicted octanol–water partition coefficient (Wildman–Crippen LogP) is 18.6. The van der Waals surface area contributed by atoms with Crippen molar-refractivity contribution in [2.45, 2.75) is 38.5 Å². The van der Waals surface area contributed by atoms with Crippen LogP contribution in [0.1, 0.15) is 49.9 Å². The summed E-state index contributed by atoms with van der Waals surface area (Å²) in [6, 6.07) is 67.1. The van der Waals surface area contributed by atoms with Gasteiger partial charge < -0.3 is 8.83 Å². The van der Waals surface area contributed by atoms with Crippen molar-refractivity contribution in [2.75, 3.05) is 0 Å². The van der Waals surface area contributed by atoms with Gasteiger partial charge in [-0.15, -0.1) is 22.7 Å². The zero-order valence-corrected chi connectivity index (χ0v) is 38.6. The molecule has 2 aliphatic rings. The Bertz CT molecular complexity index is 3720. The number of thiophene rings is 2. The van der Waals surface area contributed by atoms with Crippen molar-refractivity contribution >= 4 is 66.6 Å². The van der Waals surface area contributed by atoms with Gasteiger partial charge in [-0.3, -0.25) is 0 Å². The van der Waals surface area contributed by atoms with E-state index in [1.54, 1.807) is 0 Å². The summed E-state index contributed by atoms with van der Waals surface area (Å²) >= 11 is 3.70. The minimum absolute atomic E-state index is 0.135. The minimum atomic E-state index is -0.135. The molecular formula is C62H42O2S2. The fraction of sp³-hybridized carbons (Fsp3) is 0.0968. The molecule has 0 bridgehead atoms. The quantitative estimate of drug-likeness (QED) is 0.172. The van der Waals surface area contributed by atoms with Crippen molar-refractivity contribution in [3.63, 3.8) is 0 Å². The predicted molar refractivity (Wildman–Crippen MR) is 279 cm³/mol. The van der Waals surface area contributed by atoms with Crippen molar-refractivity contribution in [1.29, 1.82) is 0 Å². The van der Waals surface area contributed by atoms with E-state index in [1.807, 2.05) is 22.7 Å². The van der Waals surface area contributed by atoms with E-state index in [4.69, 9.17) is 8.83 Å². The minimum Gasteiger partial charge on any atom is -0.456 e. The lowest BCUT2D eigenvalue weighted by atomic mass is 9.81. The molecule has 0 spiro atoms. The highest BCUT2D eigenvalue weighted by Crippen LogP contribution is 2.54. The van der Waals surface area contributed by atoms with Gasteiger partial charge in [0.2, 0.25) is 0 Å². The van der Waals surface area contributed by atoms with Gasteiger partial charge in [0.05, 0.1) is 0 Å². The van der Waals surface area contributed by atoms with Crippen LogP contribution in [-0.2, 0) is 10.8 Å². The maximum absolute atomic E-state index is 6.57. The van der Waals surface area contributed by atoms with E-state index in [9.17, 15) is 0 Å². The zero-order chi connectivity index (χ0) is 44.1. The number of fused-ring (bicyclic) bond motifs is 12. The molecule has 0 unspecified atom stereocenters. The molecule has 8 aromatic carbocycles. The Morgan fingerprint density at radius 3 is 1.11 bits per heavy atom. The first-order valence-corrected chi connectivity index (χ1v) is 24.4. The van der Waals surface area contributed by atoms with Crippen molar-refractivity contribution < 1.29 is 8.83 Å². The van der Waals surface area contributed by atoms with Crippen molar-refractivity contribution in [2.24, 2.45) is 0 Å². The van der Waals surface area contributed by atoms with Crippen LogP contribution in [-0.4, -0.2) is 0 Å². The molecule has 314 valence electrons. The summed E-state index contributed by atoms with van der Waals surface area (Å²) in [5.41, 5.74) is 21.5. The van der Waals surface area contributed by atoms with Crippen molar-refractivity contribution in [3.8, 4) is 75.1 Å². The van der Waals surface area contributed by atoms with Gasteiger partial charge in [-0.2, -0.15) is 0 Å². The Morgan fingerprint density at radius 2 is 0.667 bits per heavy atom. The topological polar surface area (TPSA) is 26.3 Å². The fourth-order valence-electron chi connectivity index (χ4n) is 11.2. The van der Waals surface area contributed by atoms with E-state index < -0.39 is 0 Å². The smallest absolute Gasteiger partial charge is 0.136 e. The monoisotopic (exact) mass is 882 g/mol. The molecule has 0 atom stereocenters. The third kappa shape index (κ3) is 5.52. The van der Waals surface area contributed by atoms with E-state index in [1.165, 1.54) is 108 Å². The average Bonchev–Trinajstić information content (AvgIpc) is 4.21. The summed E-state index contributed by atoms with van der Waals surface area (Å²) in [6.45, 7) is 9.44. The summed E-state index contributed by atoms with van der Waals surface area (Å²) in [5.74, 6) is 0. The van der Waals surface area contributed by atoms with Gasteiger partial charge in [0.25, 0.3) is 0 Å². The molecule has 12 aromatic rings. The first-order valence-electron chi connectivity index (χ1n) is 22.8. The first kappa shape index (κ1) is 38.1. The van der Waals surface area contributed by atoms with Crippen LogP contribution in [0.25, 0.3) is 119 Å². The van der Waals surface area contributed by atoms with Gasteiger partial charge in [0, 0.05) is 51.9 Å². The average molecular weight is 883 g/mol. The number of furan rings is 2. The SMILES string of the molecule is CC1(C)c2cc(-c3ccccc3)ccc2-c2cc3oc4ccc(-c5ccc(-c6ccc(-c7ccc8oc9cc%10c(cc9c8c7)C(C)(C)c7cc(-c8ccccc8)ccc7-%10)s6)s5)cc4c3cc21. The van der Waals surface area contributed by atoms with E-state index in [0.29, 0.717) is 0 Å². The number of benzene rings is 8. The Morgan fingerprint density at radius 1 is 0.288 bits per heavy atom. The molecule has 0 fully saturated rings. The van der Waals surface area contributed by atoms with Crippen LogP contribution >= 0.6 is 22.7 Å². The van der Waals surface area contributed by atoms with Crippen LogP contribution < -0.4 is 0 Å². The summed E-state index contributed by atoms with van der Waals surface area (Å²) in [6.07, 6.45) is 0. The molecular weight excluding hydrogens is 841 g/mol. The van der Waals surface area contributed by atoms with E-state index in [2.05, 4.69) is 210 Å². The molecule has 4 heteroatoms. The lowest BCUT2D eigenvalue weighted by Crippen LogP contribution is -2.15. The molecule has 0 aliphatic heterocycles. The largest absolute Gasteiger partial charge is 0.456 e.